The molecule has 0 amide bonds. The second-order valence-corrected chi connectivity index (χ2v) is 9.89. The number of thiophene rings is 2. The van der Waals surface area contributed by atoms with E-state index in [0.29, 0.717) is 34.0 Å². The summed E-state index contributed by atoms with van der Waals surface area (Å²) in [5, 5.41) is 15.1. The maximum absolute atomic E-state index is 13.1. The summed E-state index contributed by atoms with van der Waals surface area (Å²) in [5.41, 5.74) is -1.72. The van der Waals surface area contributed by atoms with Gasteiger partial charge < -0.3 is 36.0 Å². The van der Waals surface area contributed by atoms with Crippen LogP contribution in [0.5, 0.6) is 0 Å². The number of aliphatic hydroxyl groups is 1. The van der Waals surface area contributed by atoms with Crippen LogP contribution < -0.4 is 17.0 Å². The summed E-state index contributed by atoms with van der Waals surface area (Å²) in [4.78, 5) is 14.3. The number of ether oxygens (including phenoxy) is 2. The molecule has 28 heavy (non-hydrogen) atoms. The fourth-order valence-electron chi connectivity index (χ4n) is 4.83. The number of carbonyl (C=O) groups excluding carboxylic acids is 1. The summed E-state index contributed by atoms with van der Waals surface area (Å²) in [6.07, 6.45) is 2.05. The number of morpholine rings is 1. The van der Waals surface area contributed by atoms with Crippen molar-refractivity contribution in [2.24, 2.45) is 0 Å². The Hall–Kier alpha value is -0.770. The van der Waals surface area contributed by atoms with Crippen molar-refractivity contribution in [1.29, 1.82) is 0 Å². The fraction of sp³-hybridized carbons (Fsp3) is 0.550. The number of halogens is 1. The highest BCUT2D eigenvalue weighted by Gasteiger charge is 2.71. The molecule has 5 rings (SSSR count). The second kappa shape index (κ2) is 7.49. The number of likely N-dealkylation sites (N-methyl/N-ethyl adjacent to an activating group) is 1. The molecule has 2 bridgehead atoms. The Bertz CT molecular complexity index is 769. The van der Waals surface area contributed by atoms with Gasteiger partial charge in [0.25, 0.3) is 0 Å². The van der Waals surface area contributed by atoms with Crippen molar-refractivity contribution in [3.05, 3.63) is 44.8 Å². The van der Waals surface area contributed by atoms with E-state index in [4.69, 9.17) is 9.47 Å². The van der Waals surface area contributed by atoms with E-state index in [9.17, 15) is 9.90 Å². The summed E-state index contributed by atoms with van der Waals surface area (Å²) in [5.74, 6) is -0.561. The van der Waals surface area contributed by atoms with Crippen LogP contribution in [0.15, 0.2) is 35.0 Å². The number of hydrogen-bond acceptors (Lipinski definition) is 6. The summed E-state index contributed by atoms with van der Waals surface area (Å²) < 4.78 is 12.6. The highest BCUT2D eigenvalue weighted by Crippen LogP contribution is 2.52. The Balaban J connectivity index is 0.00000112. The predicted octanol–water partition coefficient (Wildman–Crippen LogP) is -0.0142. The minimum Gasteiger partial charge on any atom is -1.00 e. The van der Waals surface area contributed by atoms with Crippen LogP contribution in [-0.4, -0.2) is 60.0 Å². The quantitative estimate of drug-likeness (QED) is 0.374. The van der Waals surface area contributed by atoms with Gasteiger partial charge in [-0.3, -0.25) is 0 Å². The van der Waals surface area contributed by atoms with Gasteiger partial charge in [-0.15, -0.1) is 22.7 Å². The SMILES string of the molecule is C.C[N+]1(C)C2CC(OC(=O)C(O)(c3cccs3)c3cccs3)CC1C1OC12.[Br-]. The summed E-state index contributed by atoms with van der Waals surface area (Å²) in [6, 6.07) is 8.01. The van der Waals surface area contributed by atoms with E-state index in [0.717, 1.165) is 17.3 Å². The molecule has 0 aliphatic carbocycles. The van der Waals surface area contributed by atoms with Crippen LogP contribution >= 0.6 is 22.7 Å². The van der Waals surface area contributed by atoms with E-state index in [1.807, 2.05) is 22.9 Å². The standard InChI is InChI=1S/C19H22NO4S2.CH4.BrH/c1-20(2)12-9-11(10-13(20)17-16(12)24-17)23-18(21)19(22,14-5-3-7-25-14)15-6-4-8-26-15;;/h3-8,11-13,16-17,22H,9-10H2,1-2H3;1H4;1H/q+1;;/p-1. The van der Waals surface area contributed by atoms with Crippen molar-refractivity contribution < 1.29 is 40.8 Å². The molecule has 3 saturated heterocycles. The van der Waals surface area contributed by atoms with Crippen molar-refractivity contribution >= 4 is 28.6 Å². The third-order valence-corrected chi connectivity index (χ3v) is 8.32. The first-order chi connectivity index (χ1) is 12.4. The molecule has 4 unspecified atom stereocenters. The molecule has 2 aromatic heterocycles. The predicted molar refractivity (Wildman–Crippen MR) is 106 cm³/mol. The monoisotopic (exact) mass is 487 g/mol. The minimum atomic E-state index is -1.72. The normalized spacial score (nSPS) is 31.9. The van der Waals surface area contributed by atoms with Gasteiger partial charge in [0, 0.05) is 12.8 Å². The van der Waals surface area contributed by atoms with E-state index in [-0.39, 0.29) is 30.5 Å². The van der Waals surface area contributed by atoms with E-state index in [1.165, 1.54) is 22.7 Å². The first-order valence-electron chi connectivity index (χ1n) is 8.92. The number of epoxide rings is 1. The Morgan fingerprint density at radius 1 is 1.14 bits per heavy atom. The Morgan fingerprint density at radius 3 is 2.07 bits per heavy atom. The number of rotatable bonds is 4. The lowest BCUT2D eigenvalue weighted by Crippen LogP contribution is -3.00. The molecule has 4 atom stereocenters. The van der Waals surface area contributed by atoms with Crippen LogP contribution in [-0.2, 0) is 19.9 Å². The van der Waals surface area contributed by atoms with Crippen molar-refractivity contribution in [2.45, 2.75) is 56.3 Å². The Morgan fingerprint density at radius 2 is 1.64 bits per heavy atom. The largest absolute Gasteiger partial charge is 1.00 e. The zero-order valence-corrected chi connectivity index (χ0v) is 18.3. The van der Waals surface area contributed by atoms with E-state index < -0.39 is 11.6 Å². The second-order valence-electron chi connectivity index (χ2n) is 7.99. The van der Waals surface area contributed by atoms with Crippen LogP contribution in [0.4, 0.5) is 0 Å². The zero-order chi connectivity index (χ0) is 18.1. The third kappa shape index (κ3) is 3.09. The summed E-state index contributed by atoms with van der Waals surface area (Å²) in [6.45, 7) is 0. The van der Waals surface area contributed by atoms with E-state index >= 15 is 0 Å². The smallest absolute Gasteiger partial charge is 0.349 e. The number of hydrogen-bond donors (Lipinski definition) is 1. The van der Waals surface area contributed by atoms with E-state index in [1.54, 1.807) is 12.1 Å². The molecule has 0 spiro atoms. The van der Waals surface area contributed by atoms with Gasteiger partial charge in [-0.05, 0) is 22.9 Å². The van der Waals surface area contributed by atoms with Crippen LogP contribution in [0.2, 0.25) is 0 Å². The number of esters is 1. The lowest BCUT2D eigenvalue weighted by atomic mass is 9.95. The highest BCUT2D eigenvalue weighted by atomic mass is 79.9. The third-order valence-electron chi connectivity index (χ3n) is 6.36. The van der Waals surface area contributed by atoms with Gasteiger partial charge in [-0.2, -0.15) is 0 Å². The first-order valence-corrected chi connectivity index (χ1v) is 10.7. The number of piperidine rings is 1. The van der Waals surface area contributed by atoms with Crippen molar-refractivity contribution in [3.8, 4) is 0 Å². The van der Waals surface area contributed by atoms with Crippen molar-refractivity contribution in [3.63, 3.8) is 0 Å². The Labute approximate surface area is 184 Å². The molecule has 3 aliphatic rings. The average molecular weight is 488 g/mol. The molecule has 8 heteroatoms. The highest BCUT2D eigenvalue weighted by molar-refractivity contribution is 7.12. The van der Waals surface area contributed by atoms with Crippen LogP contribution in [0.3, 0.4) is 0 Å². The lowest BCUT2D eigenvalue weighted by molar-refractivity contribution is -0.938. The first kappa shape index (κ1) is 21.9. The van der Waals surface area contributed by atoms with Crippen molar-refractivity contribution in [1.82, 2.24) is 0 Å². The Kier molecular flexibility index (Phi) is 5.86. The maximum Gasteiger partial charge on any atom is 0.349 e. The molecule has 0 aromatic carbocycles. The van der Waals surface area contributed by atoms with Gasteiger partial charge in [0.1, 0.15) is 30.4 Å². The lowest BCUT2D eigenvalue weighted by Gasteiger charge is -2.45. The van der Waals surface area contributed by atoms with Crippen molar-refractivity contribution in [2.75, 3.05) is 14.1 Å². The van der Waals surface area contributed by atoms with Crippen LogP contribution in [0, 0.1) is 0 Å². The number of carbonyl (C=O) groups is 1. The molecule has 3 fully saturated rings. The molecule has 1 N–H and O–H groups in total. The molecule has 0 saturated carbocycles. The van der Waals surface area contributed by atoms with Crippen LogP contribution in [0.25, 0.3) is 0 Å². The summed E-state index contributed by atoms with van der Waals surface area (Å²) >= 11 is 2.74. The van der Waals surface area contributed by atoms with Gasteiger partial charge in [-0.1, -0.05) is 19.6 Å². The maximum atomic E-state index is 13.1. The average Bonchev–Trinajstić information content (AvgIpc) is 2.98. The number of fused-ring (bicyclic) bond motifs is 5. The molecule has 0 radical (unpaired) electrons. The molecular formula is C20H26BrNO4S2. The molecule has 154 valence electrons. The molecule has 3 aliphatic heterocycles. The summed E-state index contributed by atoms with van der Waals surface area (Å²) in [7, 11) is 4.49. The topological polar surface area (TPSA) is 59.1 Å². The minimum absolute atomic E-state index is 0. The zero-order valence-electron chi connectivity index (χ0n) is 15.1. The van der Waals surface area contributed by atoms with Crippen LogP contribution in [0.1, 0.15) is 30.0 Å². The fourth-order valence-corrected chi connectivity index (χ4v) is 6.54. The molecule has 5 nitrogen and oxygen atoms in total. The molecule has 5 heterocycles. The molecular weight excluding hydrogens is 462 g/mol. The molecule has 2 aromatic rings. The van der Waals surface area contributed by atoms with Gasteiger partial charge in [-0.25, -0.2) is 4.79 Å². The van der Waals surface area contributed by atoms with Gasteiger partial charge in [0.15, 0.2) is 0 Å². The van der Waals surface area contributed by atoms with Gasteiger partial charge >= 0.3 is 5.97 Å². The van der Waals surface area contributed by atoms with E-state index in [2.05, 4.69) is 14.1 Å². The van der Waals surface area contributed by atoms with Gasteiger partial charge in [0.05, 0.1) is 23.8 Å². The van der Waals surface area contributed by atoms with Gasteiger partial charge in [0.2, 0.25) is 5.60 Å². The number of quaternary nitrogens is 1. The number of nitrogens with zero attached hydrogens (tertiary/aromatic N) is 1.